The van der Waals surface area contributed by atoms with E-state index in [9.17, 15) is 4.79 Å². The van der Waals surface area contributed by atoms with Gasteiger partial charge >= 0.3 is 6.03 Å². The third-order valence-electron chi connectivity index (χ3n) is 5.85. The number of fused-ring (bicyclic) bond motifs is 2. The first-order chi connectivity index (χ1) is 15.7. The molecule has 1 saturated heterocycles. The zero-order chi connectivity index (χ0) is 22.1. The summed E-state index contributed by atoms with van der Waals surface area (Å²) in [5, 5.41) is 4.54. The largest absolute Gasteiger partial charge is 0.493 e. The molecular formula is C23H23N5O3S. The van der Waals surface area contributed by atoms with Gasteiger partial charge in [-0.3, -0.25) is 5.32 Å². The Kier molecular flexibility index (Phi) is 5.48. The van der Waals surface area contributed by atoms with Crippen LogP contribution in [0.3, 0.4) is 0 Å². The van der Waals surface area contributed by atoms with Gasteiger partial charge in [-0.1, -0.05) is 23.5 Å². The number of urea groups is 1. The van der Waals surface area contributed by atoms with Gasteiger partial charge in [0.15, 0.2) is 16.6 Å². The summed E-state index contributed by atoms with van der Waals surface area (Å²) in [6.45, 7) is 1.31. The van der Waals surface area contributed by atoms with Crippen molar-refractivity contribution >= 4 is 43.6 Å². The van der Waals surface area contributed by atoms with Crippen LogP contribution >= 0.6 is 11.3 Å². The minimum Gasteiger partial charge on any atom is -0.493 e. The summed E-state index contributed by atoms with van der Waals surface area (Å²) >= 11 is 1.49. The van der Waals surface area contributed by atoms with Crippen molar-refractivity contribution in [2.75, 3.05) is 32.6 Å². The molecule has 164 valence electrons. The monoisotopic (exact) mass is 449 g/mol. The molecule has 0 spiro atoms. The molecule has 4 aromatic rings. The van der Waals surface area contributed by atoms with E-state index in [-0.39, 0.29) is 11.9 Å². The van der Waals surface area contributed by atoms with Crippen LogP contribution in [-0.4, -0.2) is 53.2 Å². The number of nitrogens with one attached hydrogen (secondary N) is 1. The minimum atomic E-state index is -0.110. The molecule has 32 heavy (non-hydrogen) atoms. The Morgan fingerprint density at radius 3 is 2.56 bits per heavy atom. The van der Waals surface area contributed by atoms with Gasteiger partial charge in [0.1, 0.15) is 6.33 Å². The van der Waals surface area contributed by atoms with Crippen molar-refractivity contribution in [3.63, 3.8) is 0 Å². The number of nitrogens with zero attached hydrogens (tertiary/aromatic N) is 4. The van der Waals surface area contributed by atoms with Crippen molar-refractivity contribution in [2.45, 2.75) is 18.8 Å². The minimum absolute atomic E-state index is 0.110. The van der Waals surface area contributed by atoms with E-state index in [1.54, 1.807) is 20.5 Å². The van der Waals surface area contributed by atoms with Crippen LogP contribution < -0.4 is 14.8 Å². The summed E-state index contributed by atoms with van der Waals surface area (Å²) in [6, 6.07) is 11.6. The van der Waals surface area contributed by atoms with Gasteiger partial charge in [0.25, 0.3) is 0 Å². The number of carbonyl (C=O) groups excluding carboxylic acids is 1. The van der Waals surface area contributed by atoms with Crippen LogP contribution in [0.5, 0.6) is 11.5 Å². The predicted molar refractivity (Wildman–Crippen MR) is 125 cm³/mol. The third kappa shape index (κ3) is 3.80. The van der Waals surface area contributed by atoms with E-state index < -0.39 is 0 Å². The molecule has 2 amide bonds. The van der Waals surface area contributed by atoms with E-state index in [0.29, 0.717) is 29.7 Å². The molecule has 1 fully saturated rings. The molecule has 0 bridgehead atoms. The van der Waals surface area contributed by atoms with Crippen LogP contribution in [0.2, 0.25) is 0 Å². The third-order valence-corrected chi connectivity index (χ3v) is 6.80. The SMILES string of the molecule is COc1cc2ncnc(C3CCN(C(=O)Nc4nc5ccccc5s4)CC3)c2cc1OC. The molecule has 1 aliphatic heterocycles. The molecule has 0 radical (unpaired) electrons. The number of rotatable bonds is 4. The second kappa shape index (κ2) is 8.58. The highest BCUT2D eigenvalue weighted by Gasteiger charge is 2.27. The van der Waals surface area contributed by atoms with Crippen LogP contribution in [0.1, 0.15) is 24.5 Å². The Bertz CT molecular complexity index is 1250. The summed E-state index contributed by atoms with van der Waals surface area (Å²) < 4.78 is 11.9. The van der Waals surface area contributed by atoms with Gasteiger partial charge in [-0.05, 0) is 31.0 Å². The summed E-state index contributed by atoms with van der Waals surface area (Å²) in [5.74, 6) is 1.54. The number of amides is 2. The second-order valence-electron chi connectivity index (χ2n) is 7.66. The van der Waals surface area contributed by atoms with Gasteiger partial charge in [0, 0.05) is 30.5 Å². The number of aromatic nitrogens is 3. The van der Waals surface area contributed by atoms with E-state index in [0.717, 1.165) is 39.7 Å². The number of hydrogen-bond acceptors (Lipinski definition) is 7. The Labute approximate surface area is 189 Å². The normalized spacial score (nSPS) is 14.6. The van der Waals surface area contributed by atoms with Crippen molar-refractivity contribution in [3.05, 3.63) is 48.4 Å². The molecule has 9 heteroatoms. The van der Waals surface area contributed by atoms with E-state index in [2.05, 4.69) is 20.3 Å². The fourth-order valence-electron chi connectivity index (χ4n) is 4.18. The number of methoxy groups -OCH3 is 2. The molecule has 1 aliphatic rings. The number of piperidine rings is 1. The fraction of sp³-hybridized carbons (Fsp3) is 0.304. The number of carbonyl (C=O) groups is 1. The molecule has 0 atom stereocenters. The Morgan fingerprint density at radius 1 is 1.06 bits per heavy atom. The lowest BCUT2D eigenvalue weighted by Crippen LogP contribution is -2.40. The lowest BCUT2D eigenvalue weighted by Gasteiger charge is -2.31. The molecule has 8 nitrogen and oxygen atoms in total. The fourth-order valence-corrected chi connectivity index (χ4v) is 5.04. The van der Waals surface area contributed by atoms with E-state index in [1.165, 1.54) is 11.3 Å². The zero-order valence-electron chi connectivity index (χ0n) is 17.9. The smallest absolute Gasteiger partial charge is 0.323 e. The van der Waals surface area contributed by atoms with Crippen LogP contribution in [0.25, 0.3) is 21.1 Å². The average Bonchev–Trinajstić information content (AvgIpc) is 3.25. The van der Waals surface area contributed by atoms with Gasteiger partial charge in [0.2, 0.25) is 0 Å². The molecule has 5 rings (SSSR count). The number of likely N-dealkylation sites (tertiary alicyclic amines) is 1. The Balaban J connectivity index is 1.30. The van der Waals surface area contributed by atoms with Crippen LogP contribution in [0.4, 0.5) is 9.93 Å². The van der Waals surface area contributed by atoms with Crippen LogP contribution in [0.15, 0.2) is 42.7 Å². The lowest BCUT2D eigenvalue weighted by atomic mass is 9.91. The lowest BCUT2D eigenvalue weighted by molar-refractivity contribution is 0.194. The van der Waals surface area contributed by atoms with Gasteiger partial charge in [0.05, 0.1) is 35.6 Å². The second-order valence-corrected chi connectivity index (χ2v) is 8.69. The van der Waals surface area contributed by atoms with Crippen LogP contribution in [0, 0.1) is 0 Å². The van der Waals surface area contributed by atoms with Crippen molar-refractivity contribution in [3.8, 4) is 11.5 Å². The molecule has 0 unspecified atom stereocenters. The standard InChI is InChI=1S/C23H23N5O3S/c1-30-18-11-15-17(12-19(18)31-2)24-13-25-21(15)14-7-9-28(10-8-14)23(29)27-22-26-16-5-3-4-6-20(16)32-22/h3-6,11-14H,7-10H2,1-2H3,(H,26,27,29). The highest BCUT2D eigenvalue weighted by molar-refractivity contribution is 7.22. The first kappa shape index (κ1) is 20.4. The molecule has 0 aliphatic carbocycles. The average molecular weight is 450 g/mol. The molecule has 2 aromatic heterocycles. The zero-order valence-corrected chi connectivity index (χ0v) is 18.7. The van der Waals surface area contributed by atoms with Gasteiger partial charge in [-0.25, -0.2) is 19.7 Å². The summed E-state index contributed by atoms with van der Waals surface area (Å²) in [7, 11) is 3.23. The Morgan fingerprint density at radius 2 is 1.81 bits per heavy atom. The number of thiazole rings is 1. The highest BCUT2D eigenvalue weighted by atomic mass is 32.1. The van der Waals surface area contributed by atoms with Gasteiger partial charge in [-0.2, -0.15) is 0 Å². The Hall–Kier alpha value is -3.46. The van der Waals surface area contributed by atoms with E-state index in [4.69, 9.17) is 9.47 Å². The first-order valence-corrected chi connectivity index (χ1v) is 11.3. The number of hydrogen-bond donors (Lipinski definition) is 1. The van der Waals surface area contributed by atoms with E-state index >= 15 is 0 Å². The van der Waals surface area contributed by atoms with Crippen molar-refractivity contribution in [1.29, 1.82) is 0 Å². The van der Waals surface area contributed by atoms with Crippen molar-refractivity contribution in [1.82, 2.24) is 19.9 Å². The molecule has 0 saturated carbocycles. The van der Waals surface area contributed by atoms with Crippen molar-refractivity contribution < 1.29 is 14.3 Å². The number of ether oxygens (including phenoxy) is 2. The maximum Gasteiger partial charge on any atom is 0.323 e. The topological polar surface area (TPSA) is 89.5 Å². The van der Waals surface area contributed by atoms with Gasteiger partial charge in [-0.15, -0.1) is 0 Å². The molecular weight excluding hydrogens is 426 g/mol. The quantitative estimate of drug-likeness (QED) is 0.487. The summed E-state index contributed by atoms with van der Waals surface area (Å²) in [6.07, 6.45) is 3.25. The van der Waals surface area contributed by atoms with Crippen molar-refractivity contribution in [2.24, 2.45) is 0 Å². The number of para-hydroxylation sites is 1. The first-order valence-electron chi connectivity index (χ1n) is 10.4. The maximum atomic E-state index is 12.8. The molecule has 1 N–H and O–H groups in total. The summed E-state index contributed by atoms with van der Waals surface area (Å²) in [4.78, 5) is 28.1. The number of benzene rings is 2. The highest BCUT2D eigenvalue weighted by Crippen LogP contribution is 2.37. The number of anilines is 1. The summed E-state index contributed by atoms with van der Waals surface area (Å²) in [5.41, 5.74) is 2.71. The van der Waals surface area contributed by atoms with Gasteiger partial charge < -0.3 is 14.4 Å². The maximum absolute atomic E-state index is 12.8. The van der Waals surface area contributed by atoms with E-state index in [1.807, 2.05) is 41.3 Å². The van der Waals surface area contributed by atoms with Crippen LogP contribution in [-0.2, 0) is 0 Å². The molecule has 3 heterocycles. The molecule has 2 aromatic carbocycles. The predicted octanol–water partition coefficient (Wildman–Crippen LogP) is 4.67.